The van der Waals surface area contributed by atoms with Crippen molar-refractivity contribution in [2.24, 2.45) is 0 Å². The predicted octanol–water partition coefficient (Wildman–Crippen LogP) is 2.91. The van der Waals surface area contributed by atoms with E-state index >= 15 is 0 Å². The van der Waals surface area contributed by atoms with Crippen molar-refractivity contribution in [2.75, 3.05) is 31.2 Å². The van der Waals surface area contributed by atoms with Crippen molar-refractivity contribution in [3.8, 4) is 11.3 Å². The lowest BCUT2D eigenvalue weighted by Gasteiger charge is -2.28. The van der Waals surface area contributed by atoms with E-state index in [9.17, 15) is 4.79 Å². The third-order valence-corrected chi connectivity index (χ3v) is 4.74. The van der Waals surface area contributed by atoms with Crippen molar-refractivity contribution in [1.29, 1.82) is 0 Å². The topological polar surface area (TPSA) is 67.4 Å². The van der Waals surface area contributed by atoms with E-state index in [-0.39, 0.29) is 5.91 Å². The molecule has 3 aromatic rings. The lowest BCUT2D eigenvalue weighted by molar-refractivity contribution is 0.0951. The molecule has 1 aliphatic rings. The summed E-state index contributed by atoms with van der Waals surface area (Å²) >= 11 is 0. The molecular weight excluding hydrogens is 352 g/mol. The molecule has 4 rings (SSSR count). The highest BCUT2D eigenvalue weighted by Gasteiger charge is 2.12. The summed E-state index contributed by atoms with van der Waals surface area (Å²) < 4.78 is 5.38. The van der Waals surface area contributed by atoms with Crippen LogP contribution in [0.2, 0.25) is 0 Å². The lowest BCUT2D eigenvalue weighted by Crippen LogP contribution is -2.36. The van der Waals surface area contributed by atoms with E-state index in [2.05, 4.69) is 20.2 Å². The molecule has 0 atom stereocenters. The molecule has 0 saturated carbocycles. The first-order valence-corrected chi connectivity index (χ1v) is 9.36. The molecule has 1 aliphatic heterocycles. The van der Waals surface area contributed by atoms with Gasteiger partial charge in [-0.3, -0.25) is 14.8 Å². The molecule has 1 amide bonds. The zero-order chi connectivity index (χ0) is 19.2. The summed E-state index contributed by atoms with van der Waals surface area (Å²) in [4.78, 5) is 23.2. The van der Waals surface area contributed by atoms with Gasteiger partial charge >= 0.3 is 0 Å². The van der Waals surface area contributed by atoms with Gasteiger partial charge in [0.05, 0.1) is 18.9 Å². The fraction of sp³-hybridized carbons (Fsp3) is 0.227. The molecule has 3 heterocycles. The van der Waals surface area contributed by atoms with E-state index < -0.39 is 0 Å². The molecule has 0 unspecified atom stereocenters. The quantitative estimate of drug-likeness (QED) is 0.744. The molecule has 1 fully saturated rings. The van der Waals surface area contributed by atoms with Crippen LogP contribution in [0.15, 0.2) is 67.1 Å². The molecule has 0 bridgehead atoms. The number of hydrogen-bond donors (Lipinski definition) is 1. The Morgan fingerprint density at radius 3 is 2.54 bits per heavy atom. The number of amides is 1. The number of pyridine rings is 2. The van der Waals surface area contributed by atoms with Gasteiger partial charge < -0.3 is 15.0 Å². The zero-order valence-electron chi connectivity index (χ0n) is 15.5. The zero-order valence-corrected chi connectivity index (χ0v) is 15.5. The van der Waals surface area contributed by atoms with Crippen LogP contribution in [-0.4, -0.2) is 42.2 Å². The van der Waals surface area contributed by atoms with Gasteiger partial charge in [0.2, 0.25) is 0 Å². The van der Waals surface area contributed by atoms with Crippen molar-refractivity contribution in [2.45, 2.75) is 6.54 Å². The number of ether oxygens (including phenoxy) is 1. The van der Waals surface area contributed by atoms with Gasteiger partial charge in [-0.25, -0.2) is 0 Å². The summed E-state index contributed by atoms with van der Waals surface area (Å²) in [6.07, 6.45) is 5.30. The van der Waals surface area contributed by atoms with E-state index in [4.69, 9.17) is 4.74 Å². The van der Waals surface area contributed by atoms with Crippen molar-refractivity contribution in [1.82, 2.24) is 15.3 Å². The summed E-state index contributed by atoms with van der Waals surface area (Å²) in [6, 6.07) is 15.5. The fourth-order valence-corrected chi connectivity index (χ4v) is 3.14. The van der Waals surface area contributed by atoms with Gasteiger partial charge in [0.15, 0.2) is 0 Å². The monoisotopic (exact) mass is 374 g/mol. The van der Waals surface area contributed by atoms with Crippen molar-refractivity contribution >= 4 is 11.6 Å². The molecule has 1 N–H and O–H groups in total. The normalized spacial score (nSPS) is 13.9. The van der Waals surface area contributed by atoms with Crippen LogP contribution in [0.1, 0.15) is 15.9 Å². The molecule has 2 aromatic heterocycles. The molecule has 0 aliphatic carbocycles. The fourth-order valence-electron chi connectivity index (χ4n) is 3.14. The molecule has 6 heteroatoms. The second kappa shape index (κ2) is 8.63. The Morgan fingerprint density at radius 1 is 1.04 bits per heavy atom. The van der Waals surface area contributed by atoms with Gasteiger partial charge in [-0.15, -0.1) is 0 Å². The van der Waals surface area contributed by atoms with Gasteiger partial charge in [-0.05, 0) is 48.0 Å². The van der Waals surface area contributed by atoms with Gasteiger partial charge in [0.25, 0.3) is 5.91 Å². The number of anilines is 1. The van der Waals surface area contributed by atoms with Crippen LogP contribution in [0.3, 0.4) is 0 Å². The van der Waals surface area contributed by atoms with Crippen LogP contribution in [0.25, 0.3) is 11.3 Å². The average molecular weight is 374 g/mol. The first-order chi connectivity index (χ1) is 13.8. The second-order valence-electron chi connectivity index (χ2n) is 6.62. The summed E-state index contributed by atoms with van der Waals surface area (Å²) in [5.41, 5.74) is 4.55. The minimum Gasteiger partial charge on any atom is -0.378 e. The largest absolute Gasteiger partial charge is 0.378 e. The number of rotatable bonds is 5. The van der Waals surface area contributed by atoms with Gasteiger partial charge in [-0.2, -0.15) is 0 Å². The molecular formula is C22H22N4O2. The first-order valence-electron chi connectivity index (χ1n) is 9.36. The smallest absolute Gasteiger partial charge is 0.251 e. The Hall–Kier alpha value is -3.25. The minimum atomic E-state index is -0.0927. The molecule has 1 aromatic carbocycles. The van der Waals surface area contributed by atoms with Crippen LogP contribution >= 0.6 is 0 Å². The molecule has 6 nitrogen and oxygen atoms in total. The number of morpholine rings is 1. The Kier molecular flexibility index (Phi) is 5.58. The molecule has 28 heavy (non-hydrogen) atoms. The van der Waals surface area contributed by atoms with E-state index in [1.165, 1.54) is 0 Å². The second-order valence-corrected chi connectivity index (χ2v) is 6.62. The lowest BCUT2D eigenvalue weighted by atomic mass is 10.1. The summed E-state index contributed by atoms with van der Waals surface area (Å²) in [6.45, 7) is 3.69. The Labute approximate surface area is 164 Å². The Bertz CT molecular complexity index is 906. The predicted molar refractivity (Wildman–Crippen MR) is 108 cm³/mol. The van der Waals surface area contributed by atoms with E-state index in [0.717, 1.165) is 48.8 Å². The Balaban J connectivity index is 1.33. The molecule has 0 spiro atoms. The molecule has 1 saturated heterocycles. The highest BCUT2D eigenvalue weighted by molar-refractivity contribution is 5.94. The van der Waals surface area contributed by atoms with Crippen molar-refractivity contribution in [3.63, 3.8) is 0 Å². The van der Waals surface area contributed by atoms with Crippen LogP contribution in [0, 0.1) is 0 Å². The number of carbonyl (C=O) groups is 1. The highest BCUT2D eigenvalue weighted by atomic mass is 16.5. The minimum absolute atomic E-state index is 0.0927. The highest BCUT2D eigenvalue weighted by Crippen LogP contribution is 2.17. The summed E-state index contributed by atoms with van der Waals surface area (Å²) in [5, 5.41) is 2.95. The number of carbonyl (C=O) groups excluding carboxylic acids is 1. The molecule has 142 valence electrons. The van der Waals surface area contributed by atoms with Gasteiger partial charge in [0.1, 0.15) is 0 Å². The SMILES string of the molecule is O=C(NCc1ccc(-c2cccnc2)nc1)c1ccc(N2CCOCC2)cc1. The number of hydrogen-bond acceptors (Lipinski definition) is 5. The van der Waals surface area contributed by atoms with Crippen LogP contribution in [-0.2, 0) is 11.3 Å². The van der Waals surface area contributed by atoms with Gasteiger partial charge in [-0.1, -0.05) is 6.07 Å². The number of nitrogens with zero attached hydrogens (tertiary/aromatic N) is 3. The van der Waals surface area contributed by atoms with Crippen molar-refractivity contribution < 1.29 is 9.53 Å². The molecule has 0 radical (unpaired) electrons. The maximum absolute atomic E-state index is 12.4. The first kappa shape index (κ1) is 18.1. The van der Waals surface area contributed by atoms with Crippen LogP contribution in [0.5, 0.6) is 0 Å². The van der Waals surface area contributed by atoms with Crippen LogP contribution < -0.4 is 10.2 Å². The third-order valence-electron chi connectivity index (χ3n) is 4.74. The maximum atomic E-state index is 12.4. The van der Waals surface area contributed by atoms with Crippen LogP contribution in [0.4, 0.5) is 5.69 Å². The average Bonchev–Trinajstić information content (AvgIpc) is 2.79. The number of aromatic nitrogens is 2. The van der Waals surface area contributed by atoms with E-state index in [0.29, 0.717) is 12.1 Å². The summed E-state index contributed by atoms with van der Waals surface area (Å²) in [5.74, 6) is -0.0927. The number of benzene rings is 1. The van der Waals surface area contributed by atoms with Gasteiger partial charge in [0, 0.05) is 55.0 Å². The third kappa shape index (κ3) is 4.35. The van der Waals surface area contributed by atoms with E-state index in [1.54, 1.807) is 18.6 Å². The Morgan fingerprint density at radius 2 is 1.86 bits per heavy atom. The number of nitrogens with one attached hydrogen (secondary N) is 1. The summed E-state index contributed by atoms with van der Waals surface area (Å²) in [7, 11) is 0. The standard InChI is InChI=1S/C22H22N4O2/c27-22(18-4-6-20(7-5-18)26-10-12-28-13-11-26)25-15-17-3-8-21(24-14-17)19-2-1-9-23-16-19/h1-9,14,16H,10-13,15H2,(H,25,27). The van der Waals surface area contributed by atoms with Crippen molar-refractivity contribution in [3.05, 3.63) is 78.2 Å². The maximum Gasteiger partial charge on any atom is 0.251 e. The van der Waals surface area contributed by atoms with E-state index in [1.807, 2.05) is 48.5 Å².